The largest absolute Gasteiger partial charge is 0.356 e. The first kappa shape index (κ1) is 16.6. The first-order valence-electron chi connectivity index (χ1n) is 8.74. The maximum atomic E-state index is 4.46. The van der Waals surface area contributed by atoms with Gasteiger partial charge in [0.05, 0.1) is 6.20 Å². The Labute approximate surface area is 144 Å². The summed E-state index contributed by atoms with van der Waals surface area (Å²) in [5, 5.41) is 7.81. The van der Waals surface area contributed by atoms with E-state index in [0.29, 0.717) is 5.92 Å². The highest BCUT2D eigenvalue weighted by Gasteiger charge is 2.26. The fraction of sp³-hybridized carbons (Fsp3) is 0.474. The predicted octanol–water partition coefficient (Wildman–Crippen LogP) is 2.42. The van der Waals surface area contributed by atoms with Crippen molar-refractivity contribution in [3.05, 3.63) is 53.9 Å². The monoisotopic (exact) mass is 325 g/mol. The summed E-state index contributed by atoms with van der Waals surface area (Å²) in [6, 6.07) is 10.6. The number of rotatable bonds is 5. The minimum absolute atomic E-state index is 0.557. The van der Waals surface area contributed by atoms with E-state index in [2.05, 4.69) is 56.8 Å². The van der Waals surface area contributed by atoms with Gasteiger partial charge in [0.25, 0.3) is 0 Å². The van der Waals surface area contributed by atoms with Crippen molar-refractivity contribution in [1.82, 2.24) is 20.0 Å². The third-order valence-corrected chi connectivity index (χ3v) is 4.66. The van der Waals surface area contributed by atoms with E-state index in [1.807, 2.05) is 25.0 Å². The van der Waals surface area contributed by atoms with Gasteiger partial charge in [-0.25, -0.2) is 0 Å². The van der Waals surface area contributed by atoms with Crippen LogP contribution in [0.3, 0.4) is 0 Å². The van der Waals surface area contributed by atoms with Crippen LogP contribution in [-0.4, -0.2) is 47.3 Å². The molecule has 0 aliphatic carbocycles. The van der Waals surface area contributed by atoms with Crippen molar-refractivity contribution >= 4 is 5.96 Å². The molecule has 0 bridgehead atoms. The van der Waals surface area contributed by atoms with Crippen LogP contribution in [0, 0.1) is 0 Å². The molecule has 1 unspecified atom stereocenters. The zero-order valence-electron chi connectivity index (χ0n) is 14.7. The van der Waals surface area contributed by atoms with E-state index in [0.717, 1.165) is 44.9 Å². The second-order valence-electron chi connectivity index (χ2n) is 6.44. The van der Waals surface area contributed by atoms with E-state index < -0.39 is 0 Å². The van der Waals surface area contributed by atoms with Crippen LogP contribution in [0.2, 0.25) is 0 Å². The van der Waals surface area contributed by atoms with Gasteiger partial charge < -0.3 is 10.2 Å². The third kappa shape index (κ3) is 4.16. The Kier molecular flexibility index (Phi) is 5.51. The first-order chi connectivity index (χ1) is 11.8. The summed E-state index contributed by atoms with van der Waals surface area (Å²) in [7, 11) is 3.85. The summed E-state index contributed by atoms with van der Waals surface area (Å²) in [4.78, 5) is 6.82. The van der Waals surface area contributed by atoms with Crippen LogP contribution in [0.25, 0.3) is 0 Å². The van der Waals surface area contributed by atoms with Crippen molar-refractivity contribution < 1.29 is 0 Å². The van der Waals surface area contributed by atoms with Crippen molar-refractivity contribution in [2.75, 3.05) is 26.7 Å². The number of benzene rings is 1. The lowest BCUT2D eigenvalue weighted by Gasteiger charge is -2.21. The molecule has 1 N–H and O–H groups in total. The van der Waals surface area contributed by atoms with E-state index in [9.17, 15) is 0 Å². The number of aliphatic imine (C=N–C) groups is 1. The lowest BCUT2D eigenvalue weighted by atomic mass is 10.0. The summed E-state index contributed by atoms with van der Waals surface area (Å²) in [5.41, 5.74) is 2.73. The molecule has 24 heavy (non-hydrogen) atoms. The summed E-state index contributed by atoms with van der Waals surface area (Å²) >= 11 is 0. The highest BCUT2D eigenvalue weighted by molar-refractivity contribution is 5.80. The van der Waals surface area contributed by atoms with Crippen LogP contribution in [0.1, 0.15) is 29.9 Å². The van der Waals surface area contributed by atoms with E-state index in [1.54, 1.807) is 0 Å². The van der Waals surface area contributed by atoms with Gasteiger partial charge in [0, 0.05) is 45.8 Å². The summed E-state index contributed by atoms with van der Waals surface area (Å²) in [6.07, 6.45) is 7.50. The quantitative estimate of drug-likeness (QED) is 0.522. The van der Waals surface area contributed by atoms with Crippen LogP contribution < -0.4 is 5.32 Å². The lowest BCUT2D eigenvalue weighted by Crippen LogP contribution is -2.40. The smallest absolute Gasteiger partial charge is 0.193 e. The molecule has 2 heterocycles. The van der Waals surface area contributed by atoms with Crippen molar-refractivity contribution in [2.45, 2.75) is 25.2 Å². The molecule has 0 saturated carbocycles. The van der Waals surface area contributed by atoms with E-state index in [-0.39, 0.29) is 0 Å². The molecule has 2 aromatic rings. The fourth-order valence-electron chi connectivity index (χ4n) is 3.35. The number of hydrogen-bond donors (Lipinski definition) is 1. The summed E-state index contributed by atoms with van der Waals surface area (Å²) in [6.45, 7) is 3.03. The molecular formula is C19H27N5. The fourth-order valence-corrected chi connectivity index (χ4v) is 3.35. The minimum Gasteiger partial charge on any atom is -0.356 e. The van der Waals surface area contributed by atoms with E-state index in [4.69, 9.17) is 0 Å². The normalized spacial score (nSPS) is 18.2. The van der Waals surface area contributed by atoms with E-state index in [1.165, 1.54) is 11.1 Å². The zero-order valence-corrected chi connectivity index (χ0v) is 14.7. The van der Waals surface area contributed by atoms with Gasteiger partial charge in [-0.05, 0) is 30.4 Å². The highest BCUT2D eigenvalue weighted by atomic mass is 15.3. The molecule has 0 amide bonds. The Morgan fingerprint density at radius 1 is 1.33 bits per heavy atom. The molecule has 3 rings (SSSR count). The third-order valence-electron chi connectivity index (χ3n) is 4.66. The van der Waals surface area contributed by atoms with Gasteiger partial charge in [0.1, 0.15) is 0 Å². The van der Waals surface area contributed by atoms with Crippen LogP contribution in [0.5, 0.6) is 0 Å². The second-order valence-corrected chi connectivity index (χ2v) is 6.44. The molecule has 1 aromatic heterocycles. The Bertz CT molecular complexity index is 661. The van der Waals surface area contributed by atoms with Gasteiger partial charge in [-0.2, -0.15) is 5.10 Å². The Morgan fingerprint density at radius 2 is 2.17 bits per heavy atom. The number of likely N-dealkylation sites (tertiary alicyclic amines) is 1. The topological polar surface area (TPSA) is 45.5 Å². The number of nitrogens with zero attached hydrogens (tertiary/aromatic N) is 4. The lowest BCUT2D eigenvalue weighted by molar-refractivity contribution is 0.485. The number of aromatic nitrogens is 2. The molecule has 1 atom stereocenters. The van der Waals surface area contributed by atoms with Gasteiger partial charge in [0.15, 0.2) is 5.96 Å². The molecule has 128 valence electrons. The van der Waals surface area contributed by atoms with Crippen molar-refractivity contribution in [1.29, 1.82) is 0 Å². The number of hydrogen-bond acceptors (Lipinski definition) is 2. The molecule has 1 fully saturated rings. The molecule has 1 aliphatic rings. The summed E-state index contributed by atoms with van der Waals surface area (Å²) in [5.74, 6) is 1.58. The average Bonchev–Trinajstić information content (AvgIpc) is 3.25. The van der Waals surface area contributed by atoms with Crippen LogP contribution in [0.4, 0.5) is 0 Å². The number of nitrogens with one attached hydrogen (secondary N) is 1. The standard InChI is InChI=1S/C19H27N5/c1-20-19(21-11-6-9-16-7-4-3-5-8-16)24-12-10-17(15-24)18-13-22-23(2)14-18/h3-5,7-8,13-14,17H,6,9-12,15H2,1-2H3,(H,20,21). The molecule has 5 heteroatoms. The molecule has 1 aliphatic heterocycles. The molecule has 0 spiro atoms. The van der Waals surface area contributed by atoms with Crippen molar-refractivity contribution in [2.24, 2.45) is 12.0 Å². The number of aryl methyl sites for hydroxylation is 2. The van der Waals surface area contributed by atoms with Gasteiger partial charge in [-0.15, -0.1) is 0 Å². The molecule has 1 aromatic carbocycles. The molecular weight excluding hydrogens is 298 g/mol. The maximum absolute atomic E-state index is 4.46. The Morgan fingerprint density at radius 3 is 2.88 bits per heavy atom. The second kappa shape index (κ2) is 7.99. The first-order valence-corrected chi connectivity index (χ1v) is 8.74. The maximum Gasteiger partial charge on any atom is 0.193 e. The zero-order chi connectivity index (χ0) is 16.8. The molecule has 5 nitrogen and oxygen atoms in total. The van der Waals surface area contributed by atoms with Crippen molar-refractivity contribution in [3.63, 3.8) is 0 Å². The molecule has 0 radical (unpaired) electrons. The minimum atomic E-state index is 0.557. The van der Waals surface area contributed by atoms with Crippen LogP contribution in [0.15, 0.2) is 47.7 Å². The Hall–Kier alpha value is -2.30. The van der Waals surface area contributed by atoms with Gasteiger partial charge in [0.2, 0.25) is 0 Å². The summed E-state index contributed by atoms with van der Waals surface area (Å²) < 4.78 is 1.88. The van der Waals surface area contributed by atoms with Crippen LogP contribution in [-0.2, 0) is 13.5 Å². The SMILES string of the molecule is CN=C(NCCCc1ccccc1)N1CCC(c2cnn(C)c2)C1. The number of guanidine groups is 1. The predicted molar refractivity (Wildman–Crippen MR) is 98.3 cm³/mol. The van der Waals surface area contributed by atoms with Gasteiger partial charge >= 0.3 is 0 Å². The van der Waals surface area contributed by atoms with Gasteiger partial charge in [-0.3, -0.25) is 9.67 Å². The molecule has 1 saturated heterocycles. The Balaban J connectivity index is 1.45. The average molecular weight is 325 g/mol. The highest BCUT2D eigenvalue weighted by Crippen LogP contribution is 2.26. The van der Waals surface area contributed by atoms with E-state index >= 15 is 0 Å². The van der Waals surface area contributed by atoms with Gasteiger partial charge in [-0.1, -0.05) is 30.3 Å². The van der Waals surface area contributed by atoms with Crippen LogP contribution >= 0.6 is 0 Å². The van der Waals surface area contributed by atoms with Crippen molar-refractivity contribution in [3.8, 4) is 0 Å².